The van der Waals surface area contributed by atoms with E-state index in [1.54, 1.807) is 26.0 Å². The minimum Gasteiger partial charge on any atom is -0.497 e. The predicted octanol–water partition coefficient (Wildman–Crippen LogP) is 3.94. The van der Waals surface area contributed by atoms with E-state index in [2.05, 4.69) is 10.5 Å². The quantitative estimate of drug-likeness (QED) is 0.680. The average molecular weight is 396 g/mol. The van der Waals surface area contributed by atoms with Crippen molar-refractivity contribution in [2.75, 3.05) is 20.8 Å². The van der Waals surface area contributed by atoms with Crippen LogP contribution in [0.3, 0.4) is 0 Å². The van der Waals surface area contributed by atoms with Gasteiger partial charge < -0.3 is 19.3 Å². The van der Waals surface area contributed by atoms with E-state index >= 15 is 0 Å². The van der Waals surface area contributed by atoms with Gasteiger partial charge in [0.15, 0.2) is 11.5 Å². The molecule has 0 atom stereocenters. The zero-order valence-electron chi connectivity index (χ0n) is 15.7. The minimum absolute atomic E-state index is 0.225. The second kappa shape index (κ2) is 7.98. The van der Waals surface area contributed by atoms with E-state index in [0.29, 0.717) is 30.2 Å². The van der Waals surface area contributed by atoms with E-state index in [4.69, 9.17) is 14.0 Å². The van der Waals surface area contributed by atoms with Gasteiger partial charge in [-0.2, -0.15) is 0 Å². The number of aromatic nitrogens is 1. The topological polar surface area (TPSA) is 73.6 Å². The number of methoxy groups -OCH3 is 2. The Morgan fingerprint density at radius 1 is 1.21 bits per heavy atom. The van der Waals surface area contributed by atoms with E-state index < -0.39 is 0 Å². The summed E-state index contributed by atoms with van der Waals surface area (Å²) in [5, 5.41) is 6.97. The van der Waals surface area contributed by atoms with Gasteiger partial charge in [0.25, 0.3) is 5.91 Å². The molecule has 0 unspecified atom stereocenters. The van der Waals surface area contributed by atoms with Crippen LogP contribution in [0.15, 0.2) is 51.9 Å². The molecule has 1 N–H and O–H groups in total. The van der Waals surface area contributed by atoms with Gasteiger partial charge in [0.05, 0.1) is 14.2 Å². The fourth-order valence-electron chi connectivity index (χ4n) is 3.22. The SMILES string of the molecule is COc1ccc(CCNC(=O)c2noc3c2CSc2ccccc2-3)c(OC)c1. The average Bonchev–Trinajstić information content (AvgIpc) is 3.18. The first kappa shape index (κ1) is 18.4. The summed E-state index contributed by atoms with van der Waals surface area (Å²) in [5.74, 6) is 2.61. The van der Waals surface area contributed by atoms with Crippen LogP contribution in [0.25, 0.3) is 11.3 Å². The summed E-state index contributed by atoms with van der Waals surface area (Å²) in [4.78, 5) is 13.8. The Bertz CT molecular complexity index is 1020. The monoisotopic (exact) mass is 396 g/mol. The van der Waals surface area contributed by atoms with E-state index in [1.165, 1.54) is 0 Å². The van der Waals surface area contributed by atoms with Gasteiger partial charge in [-0.3, -0.25) is 4.79 Å². The van der Waals surface area contributed by atoms with Gasteiger partial charge in [0, 0.05) is 34.4 Å². The Kier molecular flexibility index (Phi) is 5.25. The fourth-order valence-corrected chi connectivity index (χ4v) is 4.27. The number of hydrogen-bond acceptors (Lipinski definition) is 6. The lowest BCUT2D eigenvalue weighted by Gasteiger charge is -2.14. The van der Waals surface area contributed by atoms with Crippen LogP contribution in [0, 0.1) is 0 Å². The molecule has 0 saturated heterocycles. The van der Waals surface area contributed by atoms with E-state index in [9.17, 15) is 4.79 Å². The lowest BCUT2D eigenvalue weighted by molar-refractivity contribution is 0.0944. The molecule has 144 valence electrons. The van der Waals surface area contributed by atoms with Gasteiger partial charge >= 0.3 is 0 Å². The summed E-state index contributed by atoms with van der Waals surface area (Å²) in [6, 6.07) is 13.6. The van der Waals surface area contributed by atoms with E-state index in [1.807, 2.05) is 42.5 Å². The molecule has 0 fully saturated rings. The van der Waals surface area contributed by atoms with Crippen LogP contribution in [0.1, 0.15) is 21.6 Å². The van der Waals surface area contributed by atoms with Crippen molar-refractivity contribution in [1.29, 1.82) is 0 Å². The molecule has 0 aliphatic carbocycles. The molecule has 7 heteroatoms. The largest absolute Gasteiger partial charge is 0.497 e. The van der Waals surface area contributed by atoms with Gasteiger partial charge in [0.2, 0.25) is 0 Å². The van der Waals surface area contributed by atoms with Crippen LogP contribution >= 0.6 is 11.8 Å². The van der Waals surface area contributed by atoms with Crippen LogP contribution < -0.4 is 14.8 Å². The summed E-state index contributed by atoms with van der Waals surface area (Å²) in [7, 11) is 3.23. The second-order valence-electron chi connectivity index (χ2n) is 6.31. The third-order valence-corrected chi connectivity index (χ3v) is 5.78. The summed E-state index contributed by atoms with van der Waals surface area (Å²) in [5.41, 5.74) is 3.19. The first-order valence-corrected chi connectivity index (χ1v) is 9.89. The van der Waals surface area contributed by atoms with Crippen molar-refractivity contribution < 1.29 is 18.8 Å². The third kappa shape index (κ3) is 3.45. The van der Waals surface area contributed by atoms with Crippen molar-refractivity contribution in [2.45, 2.75) is 17.1 Å². The molecule has 1 aromatic heterocycles. The fraction of sp³-hybridized carbons (Fsp3) is 0.238. The van der Waals surface area contributed by atoms with Crippen molar-refractivity contribution in [3.05, 3.63) is 59.3 Å². The zero-order chi connectivity index (χ0) is 19.5. The normalized spacial score (nSPS) is 12.1. The molecule has 1 aliphatic heterocycles. The minimum atomic E-state index is -0.225. The number of benzene rings is 2. The van der Waals surface area contributed by atoms with Crippen molar-refractivity contribution in [2.24, 2.45) is 0 Å². The van der Waals surface area contributed by atoms with E-state index in [0.717, 1.165) is 33.1 Å². The molecule has 0 saturated carbocycles. The van der Waals surface area contributed by atoms with Gasteiger partial charge in [-0.15, -0.1) is 11.8 Å². The van der Waals surface area contributed by atoms with Crippen molar-refractivity contribution in [3.63, 3.8) is 0 Å². The molecule has 4 rings (SSSR count). The lowest BCUT2D eigenvalue weighted by Crippen LogP contribution is -2.27. The molecule has 1 aliphatic rings. The summed E-state index contributed by atoms with van der Waals surface area (Å²) in [6.45, 7) is 0.465. The highest BCUT2D eigenvalue weighted by Crippen LogP contribution is 2.42. The number of thioether (sulfide) groups is 1. The number of ether oxygens (including phenoxy) is 2. The van der Waals surface area contributed by atoms with Crippen LogP contribution in [0.5, 0.6) is 11.5 Å². The first-order valence-electron chi connectivity index (χ1n) is 8.91. The Balaban J connectivity index is 1.44. The Morgan fingerprint density at radius 2 is 2.07 bits per heavy atom. The van der Waals surface area contributed by atoms with Gasteiger partial charge in [-0.1, -0.05) is 23.4 Å². The number of rotatable bonds is 6. The summed E-state index contributed by atoms with van der Waals surface area (Å²) >= 11 is 1.69. The molecule has 6 nitrogen and oxygen atoms in total. The Hall–Kier alpha value is -2.93. The number of hydrogen-bond donors (Lipinski definition) is 1. The molecule has 0 bridgehead atoms. The number of nitrogens with zero attached hydrogens (tertiary/aromatic N) is 1. The maximum atomic E-state index is 12.6. The molecule has 2 heterocycles. The smallest absolute Gasteiger partial charge is 0.273 e. The highest BCUT2D eigenvalue weighted by atomic mass is 32.2. The molecule has 0 radical (unpaired) electrons. The van der Waals surface area contributed by atoms with Crippen molar-refractivity contribution in [3.8, 4) is 22.8 Å². The zero-order valence-corrected chi connectivity index (χ0v) is 16.5. The Labute approximate surface area is 167 Å². The lowest BCUT2D eigenvalue weighted by atomic mass is 10.1. The second-order valence-corrected chi connectivity index (χ2v) is 7.32. The predicted molar refractivity (Wildman–Crippen MR) is 107 cm³/mol. The highest BCUT2D eigenvalue weighted by molar-refractivity contribution is 7.98. The third-order valence-electron chi connectivity index (χ3n) is 4.68. The molecule has 2 aromatic carbocycles. The van der Waals surface area contributed by atoms with E-state index in [-0.39, 0.29) is 5.91 Å². The standard InChI is InChI=1S/C21H20N2O4S/c1-25-14-8-7-13(17(11-14)26-2)9-10-22-21(24)19-16-12-28-18-6-4-3-5-15(18)20(16)27-23-19/h3-8,11H,9-10,12H2,1-2H3,(H,22,24). The maximum Gasteiger partial charge on any atom is 0.273 e. The summed E-state index contributed by atoms with van der Waals surface area (Å²) < 4.78 is 16.1. The highest BCUT2D eigenvalue weighted by Gasteiger charge is 2.27. The number of fused-ring (bicyclic) bond motifs is 3. The maximum absolute atomic E-state index is 12.6. The summed E-state index contributed by atoms with van der Waals surface area (Å²) in [6.07, 6.45) is 0.635. The van der Waals surface area contributed by atoms with Crippen LogP contribution in [-0.4, -0.2) is 31.8 Å². The molecule has 3 aromatic rings. The number of carbonyl (C=O) groups is 1. The van der Waals surface area contributed by atoms with Crippen LogP contribution in [0.2, 0.25) is 0 Å². The molecule has 1 amide bonds. The molecular formula is C21H20N2O4S. The van der Waals surface area contributed by atoms with Crippen molar-refractivity contribution >= 4 is 17.7 Å². The Morgan fingerprint density at radius 3 is 2.89 bits per heavy atom. The number of nitrogens with one attached hydrogen (secondary N) is 1. The molecule has 0 spiro atoms. The number of amides is 1. The van der Waals surface area contributed by atoms with Crippen LogP contribution in [-0.2, 0) is 12.2 Å². The number of carbonyl (C=O) groups excluding carboxylic acids is 1. The molecular weight excluding hydrogens is 376 g/mol. The van der Waals surface area contributed by atoms with Gasteiger partial charge in [-0.05, 0) is 30.2 Å². The van der Waals surface area contributed by atoms with Crippen molar-refractivity contribution in [1.82, 2.24) is 10.5 Å². The molecule has 28 heavy (non-hydrogen) atoms. The first-order chi connectivity index (χ1) is 13.7. The van der Waals surface area contributed by atoms with Gasteiger partial charge in [-0.25, -0.2) is 0 Å². The van der Waals surface area contributed by atoms with Crippen LogP contribution in [0.4, 0.5) is 0 Å². The van der Waals surface area contributed by atoms with Gasteiger partial charge in [0.1, 0.15) is 11.5 Å².